The number of thioether (sulfide) groups is 1. The fourth-order valence-corrected chi connectivity index (χ4v) is 4.86. The van der Waals surface area contributed by atoms with Gasteiger partial charge in [-0.1, -0.05) is 11.6 Å². The smallest absolute Gasteiger partial charge is 0.316 e. The minimum absolute atomic E-state index is 0.491. The van der Waals surface area contributed by atoms with Gasteiger partial charge in [-0.05, 0) is 73.6 Å². The molecule has 0 aliphatic carbocycles. The third-order valence-electron chi connectivity index (χ3n) is 4.81. The largest absolute Gasteiger partial charge is 0.494 e. The van der Waals surface area contributed by atoms with Gasteiger partial charge in [0.05, 0.1) is 13.2 Å². The molecule has 0 saturated carbocycles. The Bertz CT molecular complexity index is 823. The van der Waals surface area contributed by atoms with Gasteiger partial charge < -0.3 is 9.84 Å². The van der Waals surface area contributed by atoms with E-state index in [2.05, 4.69) is 9.48 Å². The van der Waals surface area contributed by atoms with Gasteiger partial charge in [-0.15, -0.1) is 0 Å². The normalized spacial score (nSPS) is 22.5. The van der Waals surface area contributed by atoms with Crippen LogP contribution in [0.4, 0.5) is 5.69 Å². The van der Waals surface area contributed by atoms with Crippen LogP contribution in [0.1, 0.15) is 18.9 Å². The molecule has 0 aromatic heterocycles. The molecule has 4 nitrogen and oxygen atoms in total. The van der Waals surface area contributed by atoms with Gasteiger partial charge in [0.1, 0.15) is 11.4 Å². The summed E-state index contributed by atoms with van der Waals surface area (Å²) in [5, 5.41) is 13.5. The van der Waals surface area contributed by atoms with Gasteiger partial charge in [-0.2, -0.15) is 0 Å². The number of benzene rings is 2. The Morgan fingerprint density at radius 1 is 1.19 bits per heavy atom. The first-order valence-corrected chi connectivity index (χ1v) is 10.2. The number of amidine groups is 1. The van der Waals surface area contributed by atoms with E-state index in [1.807, 2.05) is 55.5 Å². The molecule has 0 radical (unpaired) electrons. The van der Waals surface area contributed by atoms with E-state index in [-0.39, 0.29) is 0 Å². The van der Waals surface area contributed by atoms with Crippen LogP contribution in [0.15, 0.2) is 48.5 Å². The lowest BCUT2D eigenvalue weighted by Gasteiger charge is -2.24. The van der Waals surface area contributed by atoms with Gasteiger partial charge in [0, 0.05) is 16.3 Å². The second kappa shape index (κ2) is 7.14. The minimum atomic E-state index is -1.05. The number of halogens is 1. The number of aliphatic hydroxyl groups is 1. The molecule has 0 spiro atoms. The Balaban J connectivity index is 1.72. The Morgan fingerprint density at radius 2 is 1.92 bits per heavy atom. The molecule has 4 rings (SSSR count). The number of β-amino-alcohol motifs (C(OH)–C–C–N with tert-alkyl or cyclic N) is 1. The van der Waals surface area contributed by atoms with Crippen LogP contribution >= 0.6 is 23.4 Å². The van der Waals surface area contributed by atoms with Crippen molar-refractivity contribution in [1.29, 1.82) is 0 Å². The molecule has 0 unspecified atom stereocenters. The van der Waals surface area contributed by atoms with Crippen molar-refractivity contribution < 1.29 is 14.4 Å². The molecule has 1 atom stereocenters. The highest BCUT2D eigenvalue weighted by Crippen LogP contribution is 2.38. The first kappa shape index (κ1) is 17.7. The average molecular weight is 390 g/mol. The Kier molecular flexibility index (Phi) is 4.86. The van der Waals surface area contributed by atoms with Crippen LogP contribution in [0, 0.1) is 0 Å². The van der Waals surface area contributed by atoms with Crippen molar-refractivity contribution in [3.63, 3.8) is 0 Å². The quantitative estimate of drug-likeness (QED) is 0.804. The third kappa shape index (κ3) is 3.08. The fraction of sp³-hybridized carbons (Fsp3) is 0.350. The second-order valence-electron chi connectivity index (χ2n) is 6.47. The number of nitrogens with zero attached hydrogens (tertiary/aromatic N) is 2. The monoisotopic (exact) mass is 389 g/mol. The van der Waals surface area contributed by atoms with Crippen molar-refractivity contribution in [3.8, 4) is 5.75 Å². The zero-order chi connectivity index (χ0) is 18.1. The maximum atomic E-state index is 11.6. The van der Waals surface area contributed by atoms with Crippen LogP contribution in [0.5, 0.6) is 5.75 Å². The summed E-state index contributed by atoms with van der Waals surface area (Å²) in [6.07, 6.45) is 1.06. The van der Waals surface area contributed by atoms with E-state index in [9.17, 15) is 5.11 Å². The van der Waals surface area contributed by atoms with Gasteiger partial charge in [0.25, 0.3) is 5.72 Å². The standard InChI is InChI=1S/C20H22ClN2O2S/c1-2-25-18-10-4-15(5-11-18)20(24)14-22(17-8-6-16(21)7-9-17)19-23(20)12-3-13-26-19/h4-11,24H,2-3,12-14H2,1H3/q+1/t20-/m1/s1. The molecule has 0 amide bonds. The number of rotatable bonds is 4. The number of hydrogen-bond acceptors (Lipinski definition) is 4. The molecular formula is C20H22ClN2O2S+. The summed E-state index contributed by atoms with van der Waals surface area (Å²) in [4.78, 5) is 2.19. The van der Waals surface area contributed by atoms with Gasteiger partial charge in [0.15, 0.2) is 6.54 Å². The van der Waals surface area contributed by atoms with E-state index in [1.165, 1.54) is 0 Å². The first-order chi connectivity index (χ1) is 12.6. The van der Waals surface area contributed by atoms with Crippen LogP contribution in [-0.2, 0) is 5.72 Å². The second-order valence-corrected chi connectivity index (χ2v) is 7.97. The lowest BCUT2D eigenvalue weighted by atomic mass is 10.0. The summed E-state index contributed by atoms with van der Waals surface area (Å²) in [7, 11) is 0. The lowest BCUT2D eigenvalue weighted by molar-refractivity contribution is -0.656. The third-order valence-corrected chi connectivity index (χ3v) is 6.25. The molecule has 2 aliphatic heterocycles. The summed E-state index contributed by atoms with van der Waals surface area (Å²) in [6.45, 7) is 3.93. The summed E-state index contributed by atoms with van der Waals surface area (Å²) in [5.74, 6) is 1.89. The Morgan fingerprint density at radius 3 is 2.62 bits per heavy atom. The zero-order valence-electron chi connectivity index (χ0n) is 14.7. The fourth-order valence-electron chi connectivity index (χ4n) is 3.55. The molecule has 1 N–H and O–H groups in total. The highest BCUT2D eigenvalue weighted by Gasteiger charge is 2.53. The number of hydrogen-bond donors (Lipinski definition) is 1. The maximum absolute atomic E-state index is 11.6. The van der Waals surface area contributed by atoms with Crippen molar-refractivity contribution in [2.24, 2.45) is 0 Å². The molecule has 2 aromatic carbocycles. The molecule has 26 heavy (non-hydrogen) atoms. The van der Waals surface area contributed by atoms with Gasteiger partial charge in [0.2, 0.25) is 0 Å². The molecule has 6 heteroatoms. The Hall–Kier alpha value is -1.69. The number of anilines is 1. The lowest BCUT2D eigenvalue weighted by Crippen LogP contribution is -2.41. The van der Waals surface area contributed by atoms with E-state index in [4.69, 9.17) is 16.3 Å². The van der Waals surface area contributed by atoms with E-state index < -0.39 is 5.72 Å². The molecule has 2 heterocycles. The Labute approximate surface area is 163 Å². The summed E-state index contributed by atoms with van der Waals surface area (Å²) in [6, 6.07) is 15.6. The van der Waals surface area contributed by atoms with Crippen LogP contribution < -0.4 is 9.64 Å². The molecule has 0 bridgehead atoms. The predicted octanol–water partition coefficient (Wildman–Crippen LogP) is 3.91. The highest BCUT2D eigenvalue weighted by atomic mass is 35.5. The molecule has 0 saturated heterocycles. The number of ether oxygens (including phenoxy) is 1. The molecule has 2 aliphatic rings. The summed E-state index contributed by atoms with van der Waals surface area (Å²) < 4.78 is 7.67. The van der Waals surface area contributed by atoms with Crippen LogP contribution in [0.25, 0.3) is 0 Å². The highest BCUT2D eigenvalue weighted by molar-refractivity contribution is 8.13. The van der Waals surface area contributed by atoms with E-state index in [1.54, 1.807) is 11.8 Å². The van der Waals surface area contributed by atoms with Crippen molar-refractivity contribution in [2.75, 3.05) is 30.3 Å². The van der Waals surface area contributed by atoms with Gasteiger partial charge in [-0.25, -0.2) is 9.48 Å². The van der Waals surface area contributed by atoms with Crippen molar-refractivity contribution in [1.82, 2.24) is 0 Å². The van der Waals surface area contributed by atoms with Crippen molar-refractivity contribution >= 4 is 34.2 Å². The average Bonchev–Trinajstić information content (AvgIpc) is 2.98. The van der Waals surface area contributed by atoms with Crippen LogP contribution in [0.2, 0.25) is 5.02 Å². The topological polar surface area (TPSA) is 35.7 Å². The van der Waals surface area contributed by atoms with Gasteiger partial charge >= 0.3 is 5.17 Å². The maximum Gasteiger partial charge on any atom is 0.316 e. The molecular weight excluding hydrogens is 368 g/mol. The SMILES string of the molecule is CCOc1ccc([C@]2(O)CN(c3ccc(Cl)cc3)C3=[N+]2CCCS3)cc1. The zero-order valence-corrected chi connectivity index (χ0v) is 16.3. The summed E-state index contributed by atoms with van der Waals surface area (Å²) >= 11 is 7.85. The van der Waals surface area contributed by atoms with Crippen LogP contribution in [-0.4, -0.2) is 40.3 Å². The first-order valence-electron chi connectivity index (χ1n) is 8.88. The van der Waals surface area contributed by atoms with Crippen molar-refractivity contribution in [3.05, 3.63) is 59.1 Å². The van der Waals surface area contributed by atoms with Crippen molar-refractivity contribution in [2.45, 2.75) is 19.1 Å². The van der Waals surface area contributed by atoms with Crippen LogP contribution in [0.3, 0.4) is 0 Å². The minimum Gasteiger partial charge on any atom is -0.494 e. The predicted molar refractivity (Wildman–Crippen MR) is 108 cm³/mol. The van der Waals surface area contributed by atoms with E-state index in [0.29, 0.717) is 18.2 Å². The molecule has 0 fully saturated rings. The molecule has 2 aromatic rings. The van der Waals surface area contributed by atoms with Gasteiger partial charge in [-0.3, -0.25) is 0 Å². The van der Waals surface area contributed by atoms with E-state index in [0.717, 1.165) is 40.9 Å². The summed E-state index contributed by atoms with van der Waals surface area (Å²) in [5.41, 5.74) is 0.885. The molecule has 136 valence electrons. The van der Waals surface area contributed by atoms with E-state index >= 15 is 0 Å².